The van der Waals surface area contributed by atoms with E-state index in [0.29, 0.717) is 31.2 Å². The Morgan fingerprint density at radius 3 is 2.82 bits per heavy atom. The first-order valence-corrected chi connectivity index (χ1v) is 10.2. The number of benzene rings is 1. The van der Waals surface area contributed by atoms with E-state index in [1.165, 1.54) is 12.8 Å². The van der Waals surface area contributed by atoms with Gasteiger partial charge in [0.25, 0.3) is 5.91 Å². The van der Waals surface area contributed by atoms with Crippen LogP contribution in [-0.4, -0.2) is 59.3 Å². The van der Waals surface area contributed by atoms with Crippen LogP contribution in [-0.2, 0) is 16.1 Å². The number of hydrogen-bond acceptors (Lipinski definition) is 5. The maximum Gasteiger partial charge on any atom is 0.255 e. The van der Waals surface area contributed by atoms with E-state index < -0.39 is 6.04 Å². The fourth-order valence-corrected chi connectivity index (χ4v) is 4.50. The van der Waals surface area contributed by atoms with Crippen LogP contribution in [0.1, 0.15) is 54.9 Å². The van der Waals surface area contributed by atoms with Gasteiger partial charge in [0.1, 0.15) is 18.4 Å². The van der Waals surface area contributed by atoms with Gasteiger partial charge in [-0.2, -0.15) is 0 Å². The summed E-state index contributed by atoms with van der Waals surface area (Å²) in [6.07, 6.45) is 4.29. The third-order valence-corrected chi connectivity index (χ3v) is 6.09. The molecule has 0 bridgehead atoms. The van der Waals surface area contributed by atoms with Crippen molar-refractivity contribution in [2.75, 3.05) is 19.7 Å². The quantitative estimate of drug-likeness (QED) is 0.781. The molecule has 2 unspecified atom stereocenters. The van der Waals surface area contributed by atoms with Crippen LogP contribution in [0.2, 0.25) is 0 Å². The third-order valence-electron chi connectivity index (χ3n) is 6.09. The molecule has 28 heavy (non-hydrogen) atoms. The van der Waals surface area contributed by atoms with E-state index >= 15 is 0 Å². The molecule has 0 radical (unpaired) electrons. The number of nitrogens with zero attached hydrogens (tertiary/aromatic N) is 2. The van der Waals surface area contributed by atoms with E-state index in [0.717, 1.165) is 30.8 Å². The van der Waals surface area contributed by atoms with Crippen molar-refractivity contribution in [3.63, 3.8) is 0 Å². The zero-order valence-electron chi connectivity index (χ0n) is 16.3. The molecule has 1 aromatic rings. The number of piperidine rings is 2. The SMILES string of the molecule is CCN1CCCCC1COc1ccc2c(c1)CN(C1CCC(=O)NC1=O)C2=O. The van der Waals surface area contributed by atoms with Crippen LogP contribution < -0.4 is 10.1 Å². The summed E-state index contributed by atoms with van der Waals surface area (Å²) in [5.74, 6) is -0.0467. The van der Waals surface area contributed by atoms with Crippen LogP contribution in [0.4, 0.5) is 0 Å². The number of rotatable bonds is 5. The molecule has 0 aromatic heterocycles. The van der Waals surface area contributed by atoms with Crippen molar-refractivity contribution in [2.24, 2.45) is 0 Å². The van der Waals surface area contributed by atoms with Crippen LogP contribution in [0.15, 0.2) is 18.2 Å². The summed E-state index contributed by atoms with van der Waals surface area (Å²) in [7, 11) is 0. The van der Waals surface area contributed by atoms with E-state index in [1.807, 2.05) is 12.1 Å². The van der Waals surface area contributed by atoms with Gasteiger partial charge in [-0.3, -0.25) is 24.6 Å². The monoisotopic (exact) mass is 385 g/mol. The van der Waals surface area contributed by atoms with Gasteiger partial charge in [0.2, 0.25) is 11.8 Å². The number of likely N-dealkylation sites (N-methyl/N-ethyl adjacent to an activating group) is 1. The number of likely N-dealkylation sites (tertiary alicyclic amines) is 1. The molecule has 3 aliphatic rings. The lowest BCUT2D eigenvalue weighted by molar-refractivity contribution is -0.136. The molecule has 2 fully saturated rings. The lowest BCUT2D eigenvalue weighted by Crippen LogP contribution is -2.52. The fourth-order valence-electron chi connectivity index (χ4n) is 4.50. The zero-order valence-corrected chi connectivity index (χ0v) is 16.3. The second-order valence-corrected chi connectivity index (χ2v) is 7.81. The predicted molar refractivity (Wildman–Crippen MR) is 103 cm³/mol. The Bertz CT molecular complexity index is 794. The average Bonchev–Trinajstić information content (AvgIpc) is 3.02. The number of imide groups is 1. The van der Waals surface area contributed by atoms with Gasteiger partial charge in [-0.15, -0.1) is 0 Å². The average molecular weight is 385 g/mol. The molecule has 0 aliphatic carbocycles. The van der Waals surface area contributed by atoms with Crippen LogP contribution in [0.5, 0.6) is 5.75 Å². The minimum atomic E-state index is -0.581. The molecule has 7 nitrogen and oxygen atoms in total. The lowest BCUT2D eigenvalue weighted by atomic mass is 10.0. The highest BCUT2D eigenvalue weighted by atomic mass is 16.5. The van der Waals surface area contributed by atoms with Crippen LogP contribution >= 0.6 is 0 Å². The molecule has 3 amide bonds. The van der Waals surface area contributed by atoms with Crippen molar-refractivity contribution in [3.8, 4) is 5.75 Å². The molecule has 2 saturated heterocycles. The van der Waals surface area contributed by atoms with Crippen LogP contribution in [0, 0.1) is 0 Å². The zero-order chi connectivity index (χ0) is 19.7. The van der Waals surface area contributed by atoms with Gasteiger partial charge in [-0.25, -0.2) is 0 Å². The second-order valence-electron chi connectivity index (χ2n) is 7.81. The van der Waals surface area contributed by atoms with Crippen molar-refractivity contribution < 1.29 is 19.1 Å². The first kappa shape index (κ1) is 18.9. The summed E-state index contributed by atoms with van der Waals surface area (Å²) < 4.78 is 6.06. The summed E-state index contributed by atoms with van der Waals surface area (Å²) in [5, 5.41) is 2.33. The Morgan fingerprint density at radius 1 is 1.18 bits per heavy atom. The third kappa shape index (κ3) is 3.63. The molecule has 1 aromatic carbocycles. The van der Waals surface area contributed by atoms with E-state index in [4.69, 9.17) is 4.74 Å². The van der Waals surface area contributed by atoms with E-state index in [9.17, 15) is 14.4 Å². The molecule has 0 saturated carbocycles. The predicted octanol–water partition coefficient (Wildman–Crippen LogP) is 1.70. The van der Waals surface area contributed by atoms with Gasteiger partial charge >= 0.3 is 0 Å². The molecule has 3 heterocycles. The number of fused-ring (bicyclic) bond motifs is 1. The Balaban J connectivity index is 1.42. The Kier molecular flexibility index (Phi) is 5.35. The minimum Gasteiger partial charge on any atom is -0.492 e. The normalized spacial score (nSPS) is 25.6. The molecule has 7 heteroatoms. The largest absolute Gasteiger partial charge is 0.492 e. The van der Waals surface area contributed by atoms with Crippen molar-refractivity contribution in [1.29, 1.82) is 0 Å². The molecule has 4 rings (SSSR count). The number of hydrogen-bond donors (Lipinski definition) is 1. The van der Waals surface area contributed by atoms with E-state index in [1.54, 1.807) is 11.0 Å². The lowest BCUT2D eigenvalue weighted by Gasteiger charge is -2.34. The summed E-state index contributed by atoms with van der Waals surface area (Å²) >= 11 is 0. The maximum atomic E-state index is 12.7. The second kappa shape index (κ2) is 7.91. The Labute approximate surface area is 165 Å². The number of nitrogens with one attached hydrogen (secondary N) is 1. The fraction of sp³-hybridized carbons (Fsp3) is 0.571. The first-order chi connectivity index (χ1) is 13.6. The molecule has 2 atom stereocenters. The van der Waals surface area contributed by atoms with Gasteiger partial charge in [0.05, 0.1) is 0 Å². The van der Waals surface area contributed by atoms with Gasteiger partial charge in [-0.1, -0.05) is 13.3 Å². The Morgan fingerprint density at radius 2 is 2.04 bits per heavy atom. The maximum absolute atomic E-state index is 12.7. The van der Waals surface area contributed by atoms with Crippen LogP contribution in [0.25, 0.3) is 0 Å². The topological polar surface area (TPSA) is 79.0 Å². The number of carbonyl (C=O) groups is 3. The first-order valence-electron chi connectivity index (χ1n) is 10.2. The van der Waals surface area contributed by atoms with Gasteiger partial charge < -0.3 is 9.64 Å². The van der Waals surface area contributed by atoms with Crippen molar-refractivity contribution in [2.45, 2.75) is 57.7 Å². The van der Waals surface area contributed by atoms with Gasteiger partial charge in [0.15, 0.2) is 0 Å². The van der Waals surface area contributed by atoms with Crippen molar-refractivity contribution in [1.82, 2.24) is 15.1 Å². The number of carbonyl (C=O) groups excluding carboxylic acids is 3. The smallest absolute Gasteiger partial charge is 0.255 e. The van der Waals surface area contributed by atoms with E-state index in [-0.39, 0.29) is 24.1 Å². The number of amides is 3. The number of ether oxygens (including phenoxy) is 1. The van der Waals surface area contributed by atoms with Crippen molar-refractivity contribution in [3.05, 3.63) is 29.3 Å². The minimum absolute atomic E-state index is 0.152. The highest BCUT2D eigenvalue weighted by molar-refractivity contribution is 6.05. The molecule has 0 spiro atoms. The van der Waals surface area contributed by atoms with Gasteiger partial charge in [0, 0.05) is 24.6 Å². The molecule has 150 valence electrons. The van der Waals surface area contributed by atoms with Crippen molar-refractivity contribution >= 4 is 17.7 Å². The molecular weight excluding hydrogens is 358 g/mol. The molecule has 1 N–H and O–H groups in total. The molecular formula is C21H27N3O4. The summed E-state index contributed by atoms with van der Waals surface area (Å²) in [5.41, 5.74) is 1.49. The molecule has 3 aliphatic heterocycles. The van der Waals surface area contributed by atoms with E-state index in [2.05, 4.69) is 17.1 Å². The summed E-state index contributed by atoms with van der Waals surface area (Å²) in [4.78, 5) is 40.3. The summed E-state index contributed by atoms with van der Waals surface area (Å²) in [6, 6.07) is 5.40. The highest BCUT2D eigenvalue weighted by Crippen LogP contribution is 2.30. The van der Waals surface area contributed by atoms with Gasteiger partial charge in [-0.05, 0) is 56.1 Å². The van der Waals surface area contributed by atoms with Crippen LogP contribution in [0.3, 0.4) is 0 Å². The highest BCUT2D eigenvalue weighted by Gasteiger charge is 2.39. The standard InChI is InChI=1S/C21H27N3O4/c1-2-23-10-4-3-5-15(23)13-28-16-6-7-17-14(11-16)12-24(21(17)27)18-8-9-19(25)22-20(18)26/h6-7,11,15,18H,2-5,8-10,12-13H2,1H3,(H,22,25,26). The summed E-state index contributed by atoms with van der Waals surface area (Å²) in [6.45, 7) is 5.38. The Hall–Kier alpha value is -2.41.